The molecule has 1 aromatic carbocycles. The van der Waals surface area contributed by atoms with E-state index in [4.69, 9.17) is 21.1 Å². The Labute approximate surface area is 157 Å². The van der Waals surface area contributed by atoms with Crippen LogP contribution >= 0.6 is 0 Å². The summed E-state index contributed by atoms with van der Waals surface area (Å²) in [5, 5.41) is 26.0. The van der Waals surface area contributed by atoms with Crippen molar-refractivity contribution >= 4 is 17.9 Å². The molecule has 9 heteroatoms. The molecule has 8 nitrogen and oxygen atoms in total. The van der Waals surface area contributed by atoms with E-state index in [0.29, 0.717) is 6.54 Å². The van der Waals surface area contributed by atoms with Crippen molar-refractivity contribution in [3.05, 3.63) is 65.0 Å². The number of benzene rings is 1. The Hall–Kier alpha value is -2.57. The van der Waals surface area contributed by atoms with Crippen LogP contribution in [0.1, 0.15) is 36.8 Å². The van der Waals surface area contributed by atoms with Gasteiger partial charge in [0.15, 0.2) is 0 Å². The molecule has 136 valence electrons. The second kappa shape index (κ2) is 11.1. The first-order chi connectivity index (χ1) is 11.4. The van der Waals surface area contributed by atoms with Gasteiger partial charge in [0.2, 0.25) is 0 Å². The standard InChI is InChI=1S/C9H6O6.C7H10N2.Pt/c10-7(11)4-2-1-3-5(8(12)13)6(4)9(14)15;8-5-4-7-3-1-2-6-9-7;/h1-3H,(H,10,11)(H,12,13)(H,14,15);1-3,6H,4-5,8H2;. The predicted octanol–water partition coefficient (Wildman–Crippen LogP) is 1.36. The topological polar surface area (TPSA) is 151 Å². The molecule has 0 aliphatic rings. The van der Waals surface area contributed by atoms with E-state index < -0.39 is 34.6 Å². The normalized spacial score (nSPS) is 9.16. The molecule has 0 amide bonds. The minimum absolute atomic E-state index is 0. The number of nitrogens with zero attached hydrogens (tertiary/aromatic N) is 1. The van der Waals surface area contributed by atoms with Crippen LogP contribution in [0, 0.1) is 0 Å². The summed E-state index contributed by atoms with van der Waals surface area (Å²) in [6.45, 7) is 0.678. The molecule has 0 saturated heterocycles. The van der Waals surface area contributed by atoms with Crippen LogP contribution in [-0.4, -0.2) is 44.8 Å². The molecule has 0 fully saturated rings. The van der Waals surface area contributed by atoms with Gasteiger partial charge in [-0.3, -0.25) is 4.98 Å². The van der Waals surface area contributed by atoms with E-state index >= 15 is 0 Å². The number of aromatic nitrogens is 1. The van der Waals surface area contributed by atoms with Gasteiger partial charge in [-0.2, -0.15) is 0 Å². The summed E-state index contributed by atoms with van der Waals surface area (Å²) in [5.74, 6) is -4.53. The van der Waals surface area contributed by atoms with Crippen molar-refractivity contribution in [1.29, 1.82) is 0 Å². The van der Waals surface area contributed by atoms with Crippen LogP contribution in [-0.2, 0) is 27.5 Å². The maximum Gasteiger partial charge on any atom is 0.337 e. The van der Waals surface area contributed by atoms with Crippen molar-refractivity contribution in [3.8, 4) is 0 Å². The van der Waals surface area contributed by atoms with Crippen molar-refractivity contribution < 1.29 is 50.8 Å². The Morgan fingerprint density at radius 2 is 1.44 bits per heavy atom. The molecule has 1 heterocycles. The third-order valence-corrected chi connectivity index (χ3v) is 2.87. The fourth-order valence-electron chi connectivity index (χ4n) is 1.83. The van der Waals surface area contributed by atoms with Crippen LogP contribution in [0.15, 0.2) is 42.6 Å². The van der Waals surface area contributed by atoms with Gasteiger partial charge in [0, 0.05) is 39.4 Å². The van der Waals surface area contributed by atoms with Gasteiger partial charge in [-0.15, -0.1) is 0 Å². The summed E-state index contributed by atoms with van der Waals surface area (Å²) in [7, 11) is 0. The first-order valence-corrected chi connectivity index (χ1v) is 6.81. The number of aromatic carboxylic acids is 3. The van der Waals surface area contributed by atoms with E-state index in [1.165, 1.54) is 6.07 Å². The van der Waals surface area contributed by atoms with Crippen LogP contribution in [0.2, 0.25) is 0 Å². The number of carboxylic acid groups (broad SMARTS) is 3. The summed E-state index contributed by atoms with van der Waals surface area (Å²) in [4.78, 5) is 36.1. The summed E-state index contributed by atoms with van der Waals surface area (Å²) in [6, 6.07) is 9.11. The minimum atomic E-state index is -1.58. The number of hydrogen-bond donors (Lipinski definition) is 4. The summed E-state index contributed by atoms with van der Waals surface area (Å²) >= 11 is 0. The quantitative estimate of drug-likeness (QED) is 0.455. The average molecular weight is 527 g/mol. The molecule has 0 aliphatic carbocycles. The van der Waals surface area contributed by atoms with Crippen molar-refractivity contribution in [2.24, 2.45) is 5.73 Å². The molecule has 0 unspecified atom stereocenters. The molecule has 25 heavy (non-hydrogen) atoms. The van der Waals surface area contributed by atoms with Gasteiger partial charge in [-0.25, -0.2) is 14.4 Å². The van der Waals surface area contributed by atoms with Crippen molar-refractivity contribution in [2.75, 3.05) is 6.54 Å². The molecule has 5 N–H and O–H groups in total. The molecule has 0 aliphatic heterocycles. The first-order valence-electron chi connectivity index (χ1n) is 6.81. The largest absolute Gasteiger partial charge is 0.478 e. The number of hydrogen-bond acceptors (Lipinski definition) is 5. The van der Waals surface area contributed by atoms with Crippen LogP contribution in [0.4, 0.5) is 0 Å². The van der Waals surface area contributed by atoms with Crippen molar-refractivity contribution in [2.45, 2.75) is 6.42 Å². The molecule has 2 rings (SSSR count). The Balaban J connectivity index is 0.000000495. The van der Waals surface area contributed by atoms with E-state index in [1.54, 1.807) is 6.20 Å². The van der Waals surface area contributed by atoms with Gasteiger partial charge in [-0.05, 0) is 30.8 Å². The van der Waals surface area contributed by atoms with Crippen molar-refractivity contribution in [3.63, 3.8) is 0 Å². The molecular formula is C16H16N2O6Pt. The Morgan fingerprint density at radius 1 is 0.880 bits per heavy atom. The third kappa shape index (κ3) is 6.82. The number of carbonyl (C=O) groups is 3. The Bertz CT molecular complexity index is 704. The monoisotopic (exact) mass is 527 g/mol. The van der Waals surface area contributed by atoms with Crippen LogP contribution in [0.3, 0.4) is 0 Å². The zero-order valence-electron chi connectivity index (χ0n) is 12.9. The van der Waals surface area contributed by atoms with Gasteiger partial charge >= 0.3 is 17.9 Å². The van der Waals surface area contributed by atoms with Gasteiger partial charge < -0.3 is 21.1 Å². The van der Waals surface area contributed by atoms with E-state index in [9.17, 15) is 14.4 Å². The second-order valence-electron chi connectivity index (χ2n) is 4.50. The zero-order valence-corrected chi connectivity index (χ0v) is 15.1. The van der Waals surface area contributed by atoms with Crippen LogP contribution in [0.25, 0.3) is 0 Å². The van der Waals surface area contributed by atoms with Crippen molar-refractivity contribution in [1.82, 2.24) is 4.98 Å². The number of pyridine rings is 1. The summed E-state index contributed by atoms with van der Waals surface area (Å²) in [5.41, 5.74) is 4.60. The third-order valence-electron chi connectivity index (χ3n) is 2.87. The fraction of sp³-hybridized carbons (Fsp3) is 0.125. The molecule has 0 saturated carbocycles. The van der Waals surface area contributed by atoms with Gasteiger partial charge in [-0.1, -0.05) is 12.1 Å². The molecule has 0 atom stereocenters. The number of carboxylic acids is 3. The molecule has 0 bridgehead atoms. The minimum Gasteiger partial charge on any atom is -0.478 e. The molecule has 2 aromatic rings. The predicted molar refractivity (Wildman–Crippen MR) is 84.3 cm³/mol. The van der Waals surface area contributed by atoms with E-state index in [0.717, 1.165) is 24.2 Å². The SMILES string of the molecule is NCCc1ccccn1.O=C(O)c1cccc(C(=O)O)c1C(=O)O.[Pt]. The maximum absolute atomic E-state index is 10.7. The smallest absolute Gasteiger partial charge is 0.337 e. The summed E-state index contributed by atoms with van der Waals surface area (Å²) < 4.78 is 0. The summed E-state index contributed by atoms with van der Waals surface area (Å²) in [6.07, 6.45) is 2.66. The Kier molecular flexibility index (Phi) is 9.93. The Morgan fingerprint density at radius 3 is 1.80 bits per heavy atom. The van der Waals surface area contributed by atoms with Gasteiger partial charge in [0.25, 0.3) is 0 Å². The van der Waals surface area contributed by atoms with E-state index in [1.807, 2.05) is 18.2 Å². The zero-order chi connectivity index (χ0) is 18.1. The average Bonchev–Trinajstić information content (AvgIpc) is 2.55. The second-order valence-corrected chi connectivity index (χ2v) is 4.50. The fourth-order valence-corrected chi connectivity index (χ4v) is 1.83. The van der Waals surface area contributed by atoms with Gasteiger partial charge in [0.05, 0.1) is 16.7 Å². The van der Waals surface area contributed by atoms with E-state index in [-0.39, 0.29) is 21.1 Å². The van der Waals surface area contributed by atoms with Gasteiger partial charge in [0.1, 0.15) is 0 Å². The maximum atomic E-state index is 10.7. The molecule has 0 spiro atoms. The number of nitrogens with two attached hydrogens (primary N) is 1. The van der Waals surface area contributed by atoms with E-state index in [2.05, 4.69) is 4.98 Å². The molecule has 1 aromatic heterocycles. The molecule has 0 radical (unpaired) electrons. The van der Waals surface area contributed by atoms with Crippen LogP contribution < -0.4 is 5.73 Å². The molecular weight excluding hydrogens is 511 g/mol. The number of rotatable bonds is 5. The first kappa shape index (κ1) is 22.4. The van der Waals surface area contributed by atoms with Crippen LogP contribution in [0.5, 0.6) is 0 Å².